The van der Waals surface area contributed by atoms with Crippen molar-refractivity contribution in [2.75, 3.05) is 57.0 Å². The lowest BCUT2D eigenvalue weighted by molar-refractivity contribution is 0.325. The maximum atomic E-state index is 11.5. The van der Waals surface area contributed by atoms with Crippen LogP contribution in [0.1, 0.15) is 12.5 Å². The fraction of sp³-hybridized carbons (Fsp3) is 0.435. The quantitative estimate of drug-likeness (QED) is 0.238. The van der Waals surface area contributed by atoms with E-state index >= 15 is 0 Å². The van der Waals surface area contributed by atoms with Gasteiger partial charge >= 0.3 is 0 Å². The van der Waals surface area contributed by atoms with Gasteiger partial charge in [0.15, 0.2) is 15.8 Å². The van der Waals surface area contributed by atoms with Crippen molar-refractivity contribution < 1.29 is 13.2 Å². The number of hydrogen-bond acceptors (Lipinski definition) is 5. The molecule has 9 heteroatoms. The third kappa shape index (κ3) is 7.54. The first-order valence-corrected chi connectivity index (χ1v) is 12.5. The lowest BCUT2D eigenvalue weighted by atomic mass is 10.2. The normalized spacial score (nSPS) is 14.7. The first kappa shape index (κ1) is 26.2. The van der Waals surface area contributed by atoms with Crippen LogP contribution in [0.3, 0.4) is 0 Å². The van der Waals surface area contributed by atoms with E-state index in [2.05, 4.69) is 53.2 Å². The average molecular weight is 573 g/mol. The Morgan fingerprint density at radius 3 is 2.38 bits per heavy atom. The smallest absolute Gasteiger partial charge is 0.194 e. The molecule has 0 aromatic heterocycles. The predicted octanol–water partition coefficient (Wildman–Crippen LogP) is 3.18. The maximum absolute atomic E-state index is 11.5. The van der Waals surface area contributed by atoms with Crippen molar-refractivity contribution in [3.05, 3.63) is 54.1 Å². The number of anilines is 1. The molecule has 2 aromatic carbocycles. The van der Waals surface area contributed by atoms with E-state index in [9.17, 15) is 8.42 Å². The molecular weight excluding hydrogens is 539 g/mol. The summed E-state index contributed by atoms with van der Waals surface area (Å²) in [7, 11) is -3.19. The highest BCUT2D eigenvalue weighted by Crippen LogP contribution is 2.18. The minimum atomic E-state index is -3.19. The van der Waals surface area contributed by atoms with Gasteiger partial charge in [-0.3, -0.25) is 0 Å². The van der Waals surface area contributed by atoms with Crippen molar-refractivity contribution >= 4 is 45.5 Å². The van der Waals surface area contributed by atoms with Crippen molar-refractivity contribution in [3.8, 4) is 5.75 Å². The van der Waals surface area contributed by atoms with Gasteiger partial charge in [-0.05, 0) is 55.8 Å². The van der Waals surface area contributed by atoms with E-state index in [1.165, 1.54) is 17.5 Å². The number of aryl methyl sites for hydroxylation is 1. The van der Waals surface area contributed by atoms with E-state index in [1.54, 1.807) is 24.3 Å². The summed E-state index contributed by atoms with van der Waals surface area (Å²) in [6, 6.07) is 15.1. The number of nitrogens with zero attached hydrogens (tertiary/aromatic N) is 3. The van der Waals surface area contributed by atoms with E-state index in [4.69, 9.17) is 9.73 Å². The molecule has 32 heavy (non-hydrogen) atoms. The monoisotopic (exact) mass is 572 g/mol. The number of piperazine rings is 1. The van der Waals surface area contributed by atoms with E-state index in [1.807, 2.05) is 0 Å². The van der Waals surface area contributed by atoms with E-state index in [0.29, 0.717) is 18.9 Å². The molecule has 1 saturated heterocycles. The maximum Gasteiger partial charge on any atom is 0.194 e. The number of halogens is 1. The van der Waals surface area contributed by atoms with Crippen LogP contribution in [0.4, 0.5) is 5.69 Å². The standard InChI is InChI=1S/C23H32N4O3S.HI/c1-4-24-23(25-12-17-30-21-8-10-22(11-9-21)31(3,28)29)27-15-13-26(14-16-27)20-7-5-6-19(2)18-20;/h5-11,18H,4,12-17H2,1-3H3,(H,24,25);1H. The Hall–Kier alpha value is -2.01. The molecule has 0 aliphatic carbocycles. The Morgan fingerprint density at radius 2 is 1.78 bits per heavy atom. The minimum absolute atomic E-state index is 0. The highest BCUT2D eigenvalue weighted by Gasteiger charge is 2.19. The zero-order valence-corrected chi connectivity index (χ0v) is 22.1. The summed E-state index contributed by atoms with van der Waals surface area (Å²) < 4.78 is 28.8. The molecular formula is C23H33IN4O3S. The van der Waals surface area contributed by atoms with Crippen LogP contribution < -0.4 is 15.0 Å². The van der Waals surface area contributed by atoms with E-state index in [-0.39, 0.29) is 28.9 Å². The molecule has 0 saturated carbocycles. The van der Waals surface area contributed by atoms with Crippen LogP contribution in [0.2, 0.25) is 0 Å². The van der Waals surface area contributed by atoms with E-state index < -0.39 is 9.84 Å². The zero-order valence-electron chi connectivity index (χ0n) is 19.0. The van der Waals surface area contributed by atoms with Crippen molar-refractivity contribution in [1.29, 1.82) is 0 Å². The average Bonchev–Trinajstić information content (AvgIpc) is 2.76. The number of sulfone groups is 1. The molecule has 7 nitrogen and oxygen atoms in total. The third-order valence-electron chi connectivity index (χ3n) is 5.15. The van der Waals surface area contributed by atoms with Gasteiger partial charge in [0.2, 0.25) is 0 Å². The number of nitrogens with one attached hydrogen (secondary N) is 1. The lowest BCUT2D eigenvalue weighted by Crippen LogP contribution is -2.52. The number of aliphatic imine (C=N–C) groups is 1. The van der Waals surface area contributed by atoms with Crippen LogP contribution in [0.25, 0.3) is 0 Å². The van der Waals surface area contributed by atoms with Gasteiger partial charge in [0, 0.05) is 44.7 Å². The number of ether oxygens (including phenoxy) is 1. The Kier molecular flexibility index (Phi) is 10.1. The molecule has 0 unspecified atom stereocenters. The summed E-state index contributed by atoms with van der Waals surface area (Å²) in [5.41, 5.74) is 2.55. The lowest BCUT2D eigenvalue weighted by Gasteiger charge is -2.37. The van der Waals surface area contributed by atoms with E-state index in [0.717, 1.165) is 38.7 Å². The summed E-state index contributed by atoms with van der Waals surface area (Å²) in [6.07, 6.45) is 1.19. The summed E-state index contributed by atoms with van der Waals surface area (Å²) in [6.45, 7) is 9.68. The van der Waals surface area contributed by atoms with Gasteiger partial charge in [-0.15, -0.1) is 24.0 Å². The fourth-order valence-electron chi connectivity index (χ4n) is 3.53. The topological polar surface area (TPSA) is 74.2 Å². The van der Waals surface area contributed by atoms with Gasteiger partial charge in [0.25, 0.3) is 0 Å². The molecule has 3 rings (SSSR count). The second-order valence-corrected chi connectivity index (χ2v) is 9.66. The molecule has 2 aromatic rings. The Balaban J connectivity index is 0.00000363. The van der Waals surface area contributed by atoms with Gasteiger partial charge in [-0.1, -0.05) is 12.1 Å². The largest absolute Gasteiger partial charge is 0.492 e. The molecule has 0 spiro atoms. The summed E-state index contributed by atoms with van der Waals surface area (Å²) in [4.78, 5) is 9.70. The molecule has 1 N–H and O–H groups in total. The highest BCUT2D eigenvalue weighted by molar-refractivity contribution is 14.0. The first-order chi connectivity index (χ1) is 14.9. The zero-order chi connectivity index (χ0) is 22.3. The van der Waals surface area contributed by atoms with Crippen LogP contribution in [-0.2, 0) is 9.84 Å². The Morgan fingerprint density at radius 1 is 1.09 bits per heavy atom. The van der Waals surface area contributed by atoms with Crippen molar-refractivity contribution in [2.45, 2.75) is 18.7 Å². The van der Waals surface area contributed by atoms with Crippen molar-refractivity contribution in [2.24, 2.45) is 4.99 Å². The van der Waals surface area contributed by atoms with Gasteiger partial charge < -0.3 is 19.9 Å². The van der Waals surface area contributed by atoms with Crippen LogP contribution >= 0.6 is 24.0 Å². The summed E-state index contributed by atoms with van der Waals surface area (Å²) >= 11 is 0. The number of hydrogen-bond donors (Lipinski definition) is 1. The molecule has 0 radical (unpaired) electrons. The SMILES string of the molecule is CCNC(=NCCOc1ccc(S(C)(=O)=O)cc1)N1CCN(c2cccc(C)c2)CC1.I. The highest BCUT2D eigenvalue weighted by atomic mass is 127. The van der Waals surface area contributed by atoms with Crippen LogP contribution in [0, 0.1) is 6.92 Å². The predicted molar refractivity (Wildman–Crippen MR) is 141 cm³/mol. The molecule has 1 heterocycles. The van der Waals surface area contributed by atoms with Gasteiger partial charge in [0.1, 0.15) is 12.4 Å². The Bertz CT molecular complexity index is 989. The van der Waals surface area contributed by atoms with Crippen LogP contribution in [0.15, 0.2) is 58.4 Å². The van der Waals surface area contributed by atoms with Gasteiger partial charge in [-0.2, -0.15) is 0 Å². The summed E-state index contributed by atoms with van der Waals surface area (Å²) in [5, 5.41) is 3.37. The fourth-order valence-corrected chi connectivity index (χ4v) is 4.16. The van der Waals surface area contributed by atoms with Crippen molar-refractivity contribution in [3.63, 3.8) is 0 Å². The molecule has 0 atom stereocenters. The molecule has 0 amide bonds. The first-order valence-electron chi connectivity index (χ1n) is 10.6. The number of rotatable bonds is 7. The third-order valence-corrected chi connectivity index (χ3v) is 6.28. The second-order valence-electron chi connectivity index (χ2n) is 7.64. The minimum Gasteiger partial charge on any atom is -0.492 e. The van der Waals surface area contributed by atoms with Crippen LogP contribution in [-0.4, -0.2) is 71.4 Å². The van der Waals surface area contributed by atoms with Crippen molar-refractivity contribution in [1.82, 2.24) is 10.2 Å². The molecule has 0 bridgehead atoms. The number of benzene rings is 2. The van der Waals surface area contributed by atoms with Crippen LogP contribution in [0.5, 0.6) is 5.75 Å². The Labute approximate surface area is 208 Å². The molecule has 176 valence electrons. The second kappa shape index (κ2) is 12.3. The van der Waals surface area contributed by atoms with Gasteiger partial charge in [-0.25, -0.2) is 13.4 Å². The summed E-state index contributed by atoms with van der Waals surface area (Å²) in [5.74, 6) is 1.54. The molecule has 1 aliphatic heterocycles. The molecule has 1 fully saturated rings. The molecule has 1 aliphatic rings. The van der Waals surface area contributed by atoms with Gasteiger partial charge in [0.05, 0.1) is 11.4 Å². The number of guanidine groups is 1.